The number of hydrogen-bond acceptors (Lipinski definition) is 4. The van der Waals surface area contributed by atoms with Crippen LogP contribution in [0.5, 0.6) is 5.75 Å². The van der Waals surface area contributed by atoms with Crippen LogP contribution in [0.15, 0.2) is 48.5 Å². The Hall–Kier alpha value is -1.59. The predicted octanol–water partition coefficient (Wildman–Crippen LogP) is 6.16. The van der Waals surface area contributed by atoms with Gasteiger partial charge in [0.25, 0.3) is 0 Å². The number of benzene rings is 2. The molecule has 1 atom stereocenters. The van der Waals surface area contributed by atoms with E-state index in [0.717, 1.165) is 69.2 Å². The van der Waals surface area contributed by atoms with Gasteiger partial charge in [0.15, 0.2) is 0 Å². The second-order valence-electron chi connectivity index (χ2n) is 9.44. The van der Waals surface area contributed by atoms with Crippen LogP contribution in [0.1, 0.15) is 68.5 Å². The number of halogens is 1. The summed E-state index contributed by atoms with van der Waals surface area (Å²) >= 11 is 6.68. The van der Waals surface area contributed by atoms with E-state index in [4.69, 9.17) is 21.1 Å². The Kier molecular flexibility index (Phi) is 8.12. The summed E-state index contributed by atoms with van der Waals surface area (Å²) in [6, 6.07) is 16.4. The summed E-state index contributed by atoms with van der Waals surface area (Å²) in [6.07, 6.45) is 8.38. The molecular formula is C27H36ClNO3. The summed E-state index contributed by atoms with van der Waals surface area (Å²) in [5.74, 6) is 0.701. The van der Waals surface area contributed by atoms with Crippen LogP contribution in [0.4, 0.5) is 0 Å². The molecule has 0 amide bonds. The standard InChI is InChI=1S/C27H36ClNO3/c1-31-23-12-16-29(17-13-23)25(19-27(30)14-6-3-7-15-27)22-10-11-26(24(28)18-22)32-20-21-8-4-2-5-9-21/h2,4-5,8-11,18,23,25,30H,3,6-7,12-17,19-20H2,1H3. The number of aliphatic hydroxyl groups is 1. The highest BCUT2D eigenvalue weighted by Gasteiger charge is 2.36. The molecule has 2 aromatic carbocycles. The number of methoxy groups -OCH3 is 1. The fourth-order valence-corrected chi connectivity index (χ4v) is 5.48. The first-order valence-electron chi connectivity index (χ1n) is 12.0. The summed E-state index contributed by atoms with van der Waals surface area (Å²) in [4.78, 5) is 2.51. The molecule has 2 fully saturated rings. The molecule has 2 aliphatic rings. The smallest absolute Gasteiger partial charge is 0.138 e. The topological polar surface area (TPSA) is 41.9 Å². The van der Waals surface area contributed by atoms with Gasteiger partial charge in [0.1, 0.15) is 12.4 Å². The highest BCUT2D eigenvalue weighted by molar-refractivity contribution is 6.32. The van der Waals surface area contributed by atoms with E-state index in [1.54, 1.807) is 7.11 Å². The Morgan fingerprint density at radius 1 is 1.06 bits per heavy atom. The predicted molar refractivity (Wildman–Crippen MR) is 129 cm³/mol. The maximum atomic E-state index is 11.4. The van der Waals surface area contributed by atoms with E-state index in [2.05, 4.69) is 11.0 Å². The molecule has 1 saturated heterocycles. The molecule has 0 radical (unpaired) electrons. The van der Waals surface area contributed by atoms with Gasteiger partial charge in [0.2, 0.25) is 0 Å². The zero-order valence-corrected chi connectivity index (χ0v) is 19.9. The van der Waals surface area contributed by atoms with Crippen LogP contribution < -0.4 is 4.74 Å². The molecule has 1 saturated carbocycles. The van der Waals surface area contributed by atoms with Gasteiger partial charge in [-0.1, -0.05) is 67.3 Å². The summed E-state index contributed by atoms with van der Waals surface area (Å²) < 4.78 is 11.6. The Morgan fingerprint density at radius 2 is 1.78 bits per heavy atom. The fraction of sp³-hybridized carbons (Fsp3) is 0.556. The van der Waals surface area contributed by atoms with Crippen LogP contribution in [0.2, 0.25) is 5.02 Å². The van der Waals surface area contributed by atoms with E-state index < -0.39 is 5.60 Å². The third kappa shape index (κ3) is 6.05. The normalized spacial score (nSPS) is 20.7. The highest BCUT2D eigenvalue weighted by Crippen LogP contribution is 2.40. The van der Waals surface area contributed by atoms with E-state index in [1.807, 2.05) is 42.5 Å². The summed E-state index contributed by atoms with van der Waals surface area (Å²) in [6.45, 7) is 2.44. The van der Waals surface area contributed by atoms with Gasteiger partial charge in [0.05, 0.1) is 16.7 Å². The van der Waals surface area contributed by atoms with Crippen LogP contribution in [0, 0.1) is 0 Å². The molecule has 1 heterocycles. The lowest BCUT2D eigenvalue weighted by molar-refractivity contribution is -0.0393. The van der Waals surface area contributed by atoms with Crippen LogP contribution in [0.25, 0.3) is 0 Å². The number of piperidine rings is 1. The van der Waals surface area contributed by atoms with Crippen molar-refractivity contribution in [3.63, 3.8) is 0 Å². The molecule has 4 rings (SSSR count). The highest BCUT2D eigenvalue weighted by atomic mass is 35.5. The van der Waals surface area contributed by atoms with E-state index in [-0.39, 0.29) is 6.04 Å². The van der Waals surface area contributed by atoms with Gasteiger partial charge in [-0.25, -0.2) is 0 Å². The molecule has 0 aromatic heterocycles. The molecule has 32 heavy (non-hydrogen) atoms. The summed E-state index contributed by atoms with van der Waals surface area (Å²) in [5, 5.41) is 12.0. The molecule has 0 spiro atoms. The molecular weight excluding hydrogens is 422 g/mol. The van der Waals surface area contributed by atoms with Crippen molar-refractivity contribution in [3.05, 3.63) is 64.7 Å². The van der Waals surface area contributed by atoms with Gasteiger partial charge >= 0.3 is 0 Å². The van der Waals surface area contributed by atoms with Crippen molar-refractivity contribution in [2.75, 3.05) is 20.2 Å². The van der Waals surface area contributed by atoms with E-state index in [1.165, 1.54) is 6.42 Å². The monoisotopic (exact) mass is 457 g/mol. The lowest BCUT2D eigenvalue weighted by Crippen LogP contribution is -2.43. The first-order chi connectivity index (χ1) is 15.6. The minimum absolute atomic E-state index is 0.150. The van der Waals surface area contributed by atoms with E-state index in [9.17, 15) is 5.11 Å². The molecule has 1 N–H and O–H groups in total. The Morgan fingerprint density at radius 3 is 2.44 bits per heavy atom. The van der Waals surface area contributed by atoms with Crippen molar-refractivity contribution >= 4 is 11.6 Å². The molecule has 4 nitrogen and oxygen atoms in total. The van der Waals surface area contributed by atoms with Crippen LogP contribution in [0.3, 0.4) is 0 Å². The van der Waals surface area contributed by atoms with E-state index in [0.29, 0.717) is 23.5 Å². The molecule has 1 aliphatic carbocycles. The lowest BCUT2D eigenvalue weighted by Gasteiger charge is -2.42. The zero-order valence-electron chi connectivity index (χ0n) is 19.1. The third-order valence-electron chi connectivity index (χ3n) is 7.19. The van der Waals surface area contributed by atoms with Gasteiger partial charge in [-0.2, -0.15) is 0 Å². The van der Waals surface area contributed by atoms with Crippen LogP contribution >= 0.6 is 11.6 Å². The maximum Gasteiger partial charge on any atom is 0.138 e. The molecule has 2 aromatic rings. The van der Waals surface area contributed by atoms with Gasteiger partial charge in [-0.05, 0) is 55.4 Å². The average molecular weight is 458 g/mol. The van der Waals surface area contributed by atoms with Gasteiger partial charge in [-0.3, -0.25) is 4.90 Å². The number of ether oxygens (including phenoxy) is 2. The van der Waals surface area contributed by atoms with Crippen molar-refractivity contribution in [3.8, 4) is 5.75 Å². The SMILES string of the molecule is COC1CCN(C(CC2(O)CCCCC2)c2ccc(OCc3ccccc3)c(Cl)c2)CC1. The minimum Gasteiger partial charge on any atom is -0.487 e. The Balaban J connectivity index is 1.51. The quantitative estimate of drug-likeness (QED) is 0.515. The molecule has 1 aliphatic heterocycles. The minimum atomic E-state index is -0.587. The summed E-state index contributed by atoms with van der Waals surface area (Å²) in [5.41, 5.74) is 1.69. The van der Waals surface area contributed by atoms with Crippen molar-refractivity contribution in [1.82, 2.24) is 4.90 Å². The third-order valence-corrected chi connectivity index (χ3v) is 7.48. The van der Waals surface area contributed by atoms with Gasteiger partial charge < -0.3 is 14.6 Å². The maximum absolute atomic E-state index is 11.4. The second-order valence-corrected chi connectivity index (χ2v) is 9.85. The van der Waals surface area contributed by atoms with E-state index >= 15 is 0 Å². The van der Waals surface area contributed by atoms with Crippen molar-refractivity contribution < 1.29 is 14.6 Å². The van der Waals surface area contributed by atoms with Crippen molar-refractivity contribution in [1.29, 1.82) is 0 Å². The summed E-state index contributed by atoms with van der Waals surface area (Å²) in [7, 11) is 1.80. The first-order valence-corrected chi connectivity index (χ1v) is 12.4. The fourth-order valence-electron chi connectivity index (χ4n) is 5.23. The molecule has 0 bridgehead atoms. The zero-order chi connectivity index (χ0) is 22.4. The number of rotatable bonds is 8. The Bertz CT molecular complexity index is 845. The molecule has 5 heteroatoms. The number of hydrogen-bond donors (Lipinski definition) is 1. The van der Waals surface area contributed by atoms with Gasteiger partial charge in [-0.15, -0.1) is 0 Å². The molecule has 1 unspecified atom stereocenters. The molecule has 174 valence electrons. The Labute approximate surface area is 197 Å². The van der Waals surface area contributed by atoms with Crippen molar-refractivity contribution in [2.45, 2.75) is 75.7 Å². The van der Waals surface area contributed by atoms with Crippen molar-refractivity contribution in [2.24, 2.45) is 0 Å². The number of nitrogens with zero attached hydrogens (tertiary/aromatic N) is 1. The second kappa shape index (κ2) is 11.0. The first kappa shape index (κ1) is 23.6. The van der Waals surface area contributed by atoms with Gasteiger partial charge in [0, 0.05) is 26.2 Å². The lowest BCUT2D eigenvalue weighted by atomic mass is 9.78. The largest absolute Gasteiger partial charge is 0.487 e. The van der Waals surface area contributed by atoms with Crippen LogP contribution in [-0.4, -0.2) is 41.9 Å². The number of likely N-dealkylation sites (tertiary alicyclic amines) is 1. The van der Waals surface area contributed by atoms with Crippen LogP contribution in [-0.2, 0) is 11.3 Å². The average Bonchev–Trinajstić information content (AvgIpc) is 2.83.